The van der Waals surface area contributed by atoms with Gasteiger partial charge in [0.15, 0.2) is 0 Å². The van der Waals surface area contributed by atoms with Crippen molar-refractivity contribution in [2.24, 2.45) is 5.92 Å². The van der Waals surface area contributed by atoms with Crippen LogP contribution in [0.4, 0.5) is 0 Å². The Morgan fingerprint density at radius 3 is 2.90 bits per heavy atom. The Hall–Kier alpha value is -1.65. The van der Waals surface area contributed by atoms with Gasteiger partial charge in [-0.15, -0.1) is 0 Å². The molecular formula is C17H23N3O. The van der Waals surface area contributed by atoms with E-state index in [1.54, 1.807) is 0 Å². The maximum Gasteiger partial charge on any atom is 0.0695 e. The van der Waals surface area contributed by atoms with Crippen molar-refractivity contribution >= 4 is 0 Å². The van der Waals surface area contributed by atoms with E-state index < -0.39 is 0 Å². The van der Waals surface area contributed by atoms with Gasteiger partial charge in [0, 0.05) is 25.3 Å². The van der Waals surface area contributed by atoms with Crippen molar-refractivity contribution in [2.75, 3.05) is 19.7 Å². The van der Waals surface area contributed by atoms with Crippen LogP contribution in [0.3, 0.4) is 0 Å². The fourth-order valence-corrected chi connectivity index (χ4v) is 3.09. The first kappa shape index (κ1) is 14.3. The van der Waals surface area contributed by atoms with Gasteiger partial charge in [0.05, 0.1) is 11.9 Å². The molecular weight excluding hydrogens is 262 g/mol. The van der Waals surface area contributed by atoms with Crippen LogP contribution in [0.5, 0.6) is 0 Å². The number of aromatic amines is 1. The van der Waals surface area contributed by atoms with Gasteiger partial charge in [-0.25, -0.2) is 0 Å². The lowest BCUT2D eigenvalue weighted by Gasteiger charge is -2.31. The van der Waals surface area contributed by atoms with Gasteiger partial charge in [-0.2, -0.15) is 5.10 Å². The highest BCUT2D eigenvalue weighted by Gasteiger charge is 2.20. The molecule has 1 atom stereocenters. The SMILES string of the molecule is Cc1ccc(-c2[nH]ncc2CN2CCCC(CO)C2)cc1. The first-order valence-electron chi connectivity index (χ1n) is 7.69. The average Bonchev–Trinajstić information content (AvgIpc) is 2.96. The summed E-state index contributed by atoms with van der Waals surface area (Å²) in [5.41, 5.74) is 4.80. The van der Waals surface area contributed by atoms with E-state index in [2.05, 4.69) is 46.3 Å². The zero-order chi connectivity index (χ0) is 14.7. The topological polar surface area (TPSA) is 52.2 Å². The molecule has 1 saturated heterocycles. The molecule has 4 nitrogen and oxygen atoms in total. The Labute approximate surface area is 125 Å². The molecule has 2 N–H and O–H groups in total. The second-order valence-electron chi connectivity index (χ2n) is 6.06. The molecule has 3 rings (SSSR count). The standard InChI is InChI=1S/C17H23N3O/c1-13-4-6-15(7-5-13)17-16(9-18-19-17)11-20-8-2-3-14(10-20)12-21/h4-7,9,14,21H,2-3,8,10-12H2,1H3,(H,18,19). The third kappa shape index (κ3) is 3.34. The Morgan fingerprint density at radius 1 is 1.33 bits per heavy atom. The lowest BCUT2D eigenvalue weighted by molar-refractivity contribution is 0.116. The maximum absolute atomic E-state index is 9.35. The minimum atomic E-state index is 0.298. The molecule has 112 valence electrons. The van der Waals surface area contributed by atoms with Crippen molar-refractivity contribution in [3.63, 3.8) is 0 Å². The Kier molecular flexibility index (Phi) is 4.36. The predicted octanol–water partition coefficient (Wildman–Crippen LogP) is 2.59. The number of H-pyrrole nitrogens is 1. The highest BCUT2D eigenvalue weighted by molar-refractivity contribution is 5.62. The van der Waals surface area contributed by atoms with Crippen LogP contribution in [0.2, 0.25) is 0 Å². The summed E-state index contributed by atoms with van der Waals surface area (Å²) in [5, 5.41) is 16.7. The molecule has 1 aliphatic rings. The molecule has 4 heteroatoms. The smallest absolute Gasteiger partial charge is 0.0695 e. The van der Waals surface area contributed by atoms with Crippen molar-refractivity contribution in [1.82, 2.24) is 15.1 Å². The van der Waals surface area contributed by atoms with Gasteiger partial charge in [0.2, 0.25) is 0 Å². The second-order valence-corrected chi connectivity index (χ2v) is 6.06. The molecule has 1 aromatic heterocycles. The largest absolute Gasteiger partial charge is 0.396 e. The summed E-state index contributed by atoms with van der Waals surface area (Å²) in [4.78, 5) is 2.42. The number of nitrogens with zero attached hydrogens (tertiary/aromatic N) is 2. The van der Waals surface area contributed by atoms with Gasteiger partial charge in [0.1, 0.15) is 0 Å². The van der Waals surface area contributed by atoms with Crippen molar-refractivity contribution in [3.05, 3.63) is 41.6 Å². The zero-order valence-electron chi connectivity index (χ0n) is 12.5. The van der Waals surface area contributed by atoms with E-state index in [4.69, 9.17) is 0 Å². The monoisotopic (exact) mass is 285 g/mol. The minimum Gasteiger partial charge on any atom is -0.396 e. The van der Waals surface area contributed by atoms with Gasteiger partial charge in [-0.3, -0.25) is 10.00 Å². The van der Waals surface area contributed by atoms with E-state index >= 15 is 0 Å². The molecule has 0 spiro atoms. The van der Waals surface area contributed by atoms with Crippen molar-refractivity contribution < 1.29 is 5.11 Å². The third-order valence-electron chi connectivity index (χ3n) is 4.31. The number of hydrogen-bond acceptors (Lipinski definition) is 3. The van der Waals surface area contributed by atoms with Crippen LogP contribution in [0.25, 0.3) is 11.3 Å². The lowest BCUT2D eigenvalue weighted by Crippen LogP contribution is -2.36. The van der Waals surface area contributed by atoms with Crippen molar-refractivity contribution in [3.8, 4) is 11.3 Å². The maximum atomic E-state index is 9.35. The number of aryl methyl sites for hydroxylation is 1. The van der Waals surface area contributed by atoms with Crippen molar-refractivity contribution in [2.45, 2.75) is 26.3 Å². The molecule has 1 fully saturated rings. The van der Waals surface area contributed by atoms with Crippen LogP contribution in [0.1, 0.15) is 24.0 Å². The van der Waals surface area contributed by atoms with Gasteiger partial charge >= 0.3 is 0 Å². The summed E-state index contributed by atoms with van der Waals surface area (Å²) >= 11 is 0. The lowest BCUT2D eigenvalue weighted by atomic mass is 9.98. The predicted molar refractivity (Wildman–Crippen MR) is 83.8 cm³/mol. The van der Waals surface area contributed by atoms with Gasteiger partial charge in [-0.1, -0.05) is 29.8 Å². The van der Waals surface area contributed by atoms with Gasteiger partial charge in [0.25, 0.3) is 0 Å². The van der Waals surface area contributed by atoms with E-state index in [1.165, 1.54) is 23.1 Å². The highest BCUT2D eigenvalue weighted by Crippen LogP contribution is 2.24. The summed E-state index contributed by atoms with van der Waals surface area (Å²) in [7, 11) is 0. The van der Waals surface area contributed by atoms with Gasteiger partial charge < -0.3 is 5.11 Å². The number of hydrogen-bond donors (Lipinski definition) is 2. The molecule has 1 unspecified atom stereocenters. The molecule has 2 heterocycles. The number of benzene rings is 1. The number of nitrogens with one attached hydrogen (secondary N) is 1. The molecule has 0 saturated carbocycles. The van der Waals surface area contributed by atoms with Crippen LogP contribution < -0.4 is 0 Å². The quantitative estimate of drug-likeness (QED) is 0.908. The molecule has 1 aromatic carbocycles. The number of aliphatic hydroxyl groups is 1. The molecule has 0 bridgehead atoms. The van der Waals surface area contributed by atoms with Gasteiger partial charge in [-0.05, 0) is 37.8 Å². The molecule has 1 aliphatic heterocycles. The van der Waals surface area contributed by atoms with Crippen LogP contribution in [0.15, 0.2) is 30.5 Å². The number of aliphatic hydroxyl groups excluding tert-OH is 1. The summed E-state index contributed by atoms with van der Waals surface area (Å²) in [6.45, 7) is 5.38. The Balaban J connectivity index is 1.75. The number of aromatic nitrogens is 2. The normalized spacial score (nSPS) is 19.8. The van der Waals surface area contributed by atoms with E-state index in [0.29, 0.717) is 12.5 Å². The third-order valence-corrected chi connectivity index (χ3v) is 4.31. The first-order chi connectivity index (χ1) is 10.3. The van der Waals surface area contributed by atoms with E-state index in [-0.39, 0.29) is 0 Å². The second kappa shape index (κ2) is 6.41. The highest BCUT2D eigenvalue weighted by atomic mass is 16.3. The fourth-order valence-electron chi connectivity index (χ4n) is 3.09. The first-order valence-corrected chi connectivity index (χ1v) is 7.69. The van der Waals surface area contributed by atoms with Crippen molar-refractivity contribution in [1.29, 1.82) is 0 Å². The van der Waals surface area contributed by atoms with Crippen LogP contribution in [-0.4, -0.2) is 39.9 Å². The summed E-state index contributed by atoms with van der Waals surface area (Å²) in [6.07, 6.45) is 4.24. The summed E-state index contributed by atoms with van der Waals surface area (Å²) < 4.78 is 0. The minimum absolute atomic E-state index is 0.298. The van der Waals surface area contributed by atoms with Crippen LogP contribution in [-0.2, 0) is 6.54 Å². The zero-order valence-corrected chi connectivity index (χ0v) is 12.5. The fraction of sp³-hybridized carbons (Fsp3) is 0.471. The molecule has 21 heavy (non-hydrogen) atoms. The van der Waals surface area contributed by atoms with E-state index in [9.17, 15) is 5.11 Å². The summed E-state index contributed by atoms with van der Waals surface area (Å²) in [5.74, 6) is 0.425. The average molecular weight is 285 g/mol. The molecule has 0 amide bonds. The number of piperidine rings is 1. The molecule has 0 aliphatic carbocycles. The van der Waals surface area contributed by atoms with E-state index in [0.717, 1.165) is 31.7 Å². The molecule has 2 aromatic rings. The van der Waals surface area contributed by atoms with E-state index in [1.807, 2.05) is 6.20 Å². The summed E-state index contributed by atoms with van der Waals surface area (Å²) in [6, 6.07) is 8.53. The number of likely N-dealkylation sites (tertiary alicyclic amines) is 1. The number of rotatable bonds is 4. The Bertz CT molecular complexity index is 576. The Morgan fingerprint density at radius 2 is 2.14 bits per heavy atom. The molecule has 0 radical (unpaired) electrons. The van der Waals surface area contributed by atoms with Crippen LogP contribution >= 0.6 is 0 Å². The van der Waals surface area contributed by atoms with Crippen LogP contribution in [0, 0.1) is 12.8 Å².